The molecule has 0 fully saturated rings. The van der Waals surface area contributed by atoms with Gasteiger partial charge >= 0.3 is 0 Å². The van der Waals surface area contributed by atoms with Gasteiger partial charge in [-0.3, -0.25) is 0 Å². The lowest BCUT2D eigenvalue weighted by molar-refractivity contribution is 0.332. The third-order valence-corrected chi connectivity index (χ3v) is 14.5. The first-order chi connectivity index (χ1) is 30.5. The lowest BCUT2D eigenvalue weighted by atomic mass is 9.37. The Bertz CT molecular complexity index is 2220. The lowest BCUT2D eigenvalue weighted by Gasteiger charge is -2.41. The molecule has 1 unspecified atom stereocenters. The van der Waals surface area contributed by atoms with E-state index in [0.29, 0.717) is 18.4 Å². The predicted octanol–water partition coefficient (Wildman–Crippen LogP) is 16.4. The quantitative estimate of drug-likeness (QED) is 0.0968. The number of nitrogens with one attached hydrogen (secondary N) is 2. The second-order valence-corrected chi connectivity index (χ2v) is 23.8. The van der Waals surface area contributed by atoms with E-state index in [1.807, 2.05) is 6.08 Å². The number of benzene rings is 1. The Kier molecular flexibility index (Phi) is 21.0. The molecule has 65 heavy (non-hydrogen) atoms. The summed E-state index contributed by atoms with van der Waals surface area (Å²) in [5, 5.41) is 10.3. The third-order valence-electron chi connectivity index (χ3n) is 12.9. The van der Waals surface area contributed by atoms with Gasteiger partial charge in [0.15, 0.2) is 0 Å². The van der Waals surface area contributed by atoms with Crippen molar-refractivity contribution in [1.82, 2.24) is 10.6 Å². The predicted molar refractivity (Wildman–Crippen MR) is 295 cm³/mol. The first-order valence-electron chi connectivity index (χ1n) is 24.5. The van der Waals surface area contributed by atoms with Crippen LogP contribution < -0.4 is 16.3 Å². The molecule has 1 aliphatic carbocycles. The molecule has 3 rings (SSSR count). The molecule has 1 heterocycles. The number of furan rings is 1. The summed E-state index contributed by atoms with van der Waals surface area (Å²) in [6.45, 7) is 45.6. The second kappa shape index (κ2) is 24.9. The van der Waals surface area contributed by atoms with Crippen molar-refractivity contribution in [2.45, 2.75) is 160 Å². The number of fused-ring (bicyclic) bond motifs is 2. The van der Waals surface area contributed by atoms with Gasteiger partial charge in [0.25, 0.3) is 6.71 Å². The first-order valence-corrected chi connectivity index (χ1v) is 27.0. The van der Waals surface area contributed by atoms with Crippen LogP contribution in [0.5, 0.6) is 0 Å². The van der Waals surface area contributed by atoms with Gasteiger partial charge in [-0.15, -0.1) is 0 Å². The fraction of sp³-hybridized carbons (Fsp3) is 0.467. The fourth-order valence-corrected chi connectivity index (χ4v) is 9.65. The van der Waals surface area contributed by atoms with Gasteiger partial charge in [-0.25, -0.2) is 0 Å². The van der Waals surface area contributed by atoms with E-state index in [0.717, 1.165) is 47.3 Å². The van der Waals surface area contributed by atoms with Crippen molar-refractivity contribution in [3.8, 4) is 0 Å². The van der Waals surface area contributed by atoms with Crippen LogP contribution >= 0.6 is 0 Å². The van der Waals surface area contributed by atoms with Crippen molar-refractivity contribution >= 4 is 32.1 Å². The highest BCUT2D eigenvalue weighted by atomic mass is 28.3. The molecule has 3 nitrogen and oxygen atoms in total. The number of allylic oxidation sites excluding steroid dienone is 19. The van der Waals surface area contributed by atoms with Gasteiger partial charge < -0.3 is 15.1 Å². The van der Waals surface area contributed by atoms with Gasteiger partial charge in [0.1, 0.15) is 5.58 Å². The molecule has 1 atom stereocenters. The van der Waals surface area contributed by atoms with Gasteiger partial charge in [0.2, 0.25) is 0 Å². The summed E-state index contributed by atoms with van der Waals surface area (Å²) in [6, 6.07) is 7.08. The summed E-state index contributed by atoms with van der Waals surface area (Å²) in [5.74, 6) is 0.872. The van der Waals surface area contributed by atoms with Crippen LogP contribution in [0.1, 0.15) is 148 Å². The molecule has 0 aliphatic heterocycles. The van der Waals surface area contributed by atoms with E-state index in [-0.39, 0.29) is 23.0 Å². The van der Waals surface area contributed by atoms with E-state index < -0.39 is 8.80 Å². The highest BCUT2D eigenvalue weighted by molar-refractivity contribution is 6.86. The Balaban J connectivity index is 2.34. The summed E-state index contributed by atoms with van der Waals surface area (Å²) in [4.78, 5) is 0. The third kappa shape index (κ3) is 15.8. The summed E-state index contributed by atoms with van der Waals surface area (Å²) in [5.41, 5.74) is 13.1. The van der Waals surface area contributed by atoms with E-state index in [4.69, 9.17) is 4.42 Å². The van der Waals surface area contributed by atoms with Gasteiger partial charge in [-0.1, -0.05) is 173 Å². The highest BCUT2D eigenvalue weighted by Crippen LogP contribution is 2.47. The molecule has 0 saturated heterocycles. The van der Waals surface area contributed by atoms with Crippen LogP contribution in [0.4, 0.5) is 0 Å². The monoisotopic (exact) mass is 892 g/mol. The number of hydrogen-bond donors (Lipinski definition) is 2. The molecule has 0 amide bonds. The molecule has 1 radical (unpaired) electrons. The zero-order valence-corrected chi connectivity index (χ0v) is 45.3. The minimum absolute atomic E-state index is 0.0232. The van der Waals surface area contributed by atoms with E-state index in [2.05, 4.69) is 244 Å². The van der Waals surface area contributed by atoms with E-state index in [9.17, 15) is 0 Å². The maximum Gasteiger partial charge on any atom is 0.287 e. The van der Waals surface area contributed by atoms with Crippen LogP contribution in [0, 0.1) is 17.3 Å². The SMILES string of the molecule is C=C/C(=C\C(=C\C(C)C)C(C)CC)NC/C(B(C(/C=C\C)=C/C)c1cc2cc3c(cc2o1)C(C)(C)CCC3(C)C)=C(\C=C(C)C)N/C=C/C=C(\C=C\C/C=C\C(=C/C)[Si](C)C)C(C)(C)C. The van der Waals surface area contributed by atoms with Crippen molar-refractivity contribution in [2.24, 2.45) is 17.3 Å². The Morgan fingerprint density at radius 3 is 2.09 bits per heavy atom. The average molecular weight is 892 g/mol. The molecule has 1 aromatic carbocycles. The first kappa shape index (κ1) is 54.9. The van der Waals surface area contributed by atoms with Gasteiger partial charge in [-0.2, -0.15) is 0 Å². The standard InChI is InChI=1S/C60H88BN2OSi/c1-20-29-49(22-3)61(57-40-47-39-52-53(41-56(47)64-57)60(16,17)34-33-59(52,14)15)54(42-63-50(23-4)38-46(36-43(6)7)45(10)21-2)55(37-44(8)9)62-35-28-31-48(58(11,12)13)30-26-25-27-32-51(24-5)65(18)19/h20,22-24,26-32,35-41,43,45,62-63H,4,21,25,33-34,42H2,1-3,5-19H3/b29-20-,30-26+,32-27-,35-28+,46-36-,48-31+,49-22+,50-38+,51-24+,55-54-. The van der Waals surface area contributed by atoms with Crippen LogP contribution in [0.2, 0.25) is 13.1 Å². The largest absolute Gasteiger partial charge is 0.470 e. The molecular weight excluding hydrogens is 804 g/mol. The minimum Gasteiger partial charge on any atom is -0.470 e. The maximum atomic E-state index is 7.12. The Labute approximate surface area is 401 Å². The van der Waals surface area contributed by atoms with E-state index >= 15 is 0 Å². The van der Waals surface area contributed by atoms with Crippen molar-refractivity contribution in [3.63, 3.8) is 0 Å². The second-order valence-electron chi connectivity index (χ2n) is 21.3. The zero-order chi connectivity index (χ0) is 48.7. The van der Waals surface area contributed by atoms with Crippen molar-refractivity contribution in [1.29, 1.82) is 0 Å². The summed E-state index contributed by atoms with van der Waals surface area (Å²) >= 11 is 0. The molecule has 0 bridgehead atoms. The van der Waals surface area contributed by atoms with Crippen molar-refractivity contribution in [2.75, 3.05) is 6.54 Å². The zero-order valence-electron chi connectivity index (χ0n) is 44.3. The molecule has 351 valence electrons. The van der Waals surface area contributed by atoms with Crippen LogP contribution in [-0.2, 0) is 10.8 Å². The Morgan fingerprint density at radius 1 is 0.908 bits per heavy atom. The molecule has 2 aromatic rings. The molecule has 5 heteroatoms. The molecule has 0 spiro atoms. The van der Waals surface area contributed by atoms with Crippen LogP contribution in [-0.4, -0.2) is 22.1 Å². The molecule has 1 aliphatic rings. The van der Waals surface area contributed by atoms with E-state index in [1.165, 1.54) is 50.4 Å². The Morgan fingerprint density at radius 2 is 1.55 bits per heavy atom. The van der Waals surface area contributed by atoms with Gasteiger partial charge in [-0.05, 0) is 159 Å². The summed E-state index contributed by atoms with van der Waals surface area (Å²) in [7, 11) is -0.466. The van der Waals surface area contributed by atoms with Crippen LogP contribution in [0.3, 0.4) is 0 Å². The number of rotatable bonds is 21. The topological polar surface area (TPSA) is 37.2 Å². The Hall–Kier alpha value is -4.48. The van der Waals surface area contributed by atoms with Crippen molar-refractivity contribution in [3.05, 3.63) is 171 Å². The van der Waals surface area contributed by atoms with Crippen molar-refractivity contribution < 1.29 is 4.42 Å². The summed E-state index contributed by atoms with van der Waals surface area (Å²) < 4.78 is 7.12. The van der Waals surface area contributed by atoms with Gasteiger partial charge in [0, 0.05) is 29.5 Å². The fourth-order valence-electron chi connectivity index (χ4n) is 8.62. The molecular formula is C60H88BN2OSi. The lowest BCUT2D eigenvalue weighted by Crippen LogP contribution is -2.39. The van der Waals surface area contributed by atoms with Crippen LogP contribution in [0.15, 0.2) is 165 Å². The van der Waals surface area contributed by atoms with E-state index in [1.54, 1.807) is 0 Å². The molecule has 1 aromatic heterocycles. The molecule has 0 saturated carbocycles. The minimum atomic E-state index is -0.466. The number of hydrogen-bond acceptors (Lipinski definition) is 3. The average Bonchev–Trinajstić information content (AvgIpc) is 3.65. The summed E-state index contributed by atoms with van der Waals surface area (Å²) in [6.07, 6.45) is 37.7. The maximum absolute atomic E-state index is 7.12. The van der Waals surface area contributed by atoms with Crippen LogP contribution in [0.25, 0.3) is 11.0 Å². The highest BCUT2D eigenvalue weighted by Gasteiger charge is 2.38. The normalized spacial score (nSPS) is 17.5. The smallest absolute Gasteiger partial charge is 0.287 e. The van der Waals surface area contributed by atoms with Gasteiger partial charge in [0.05, 0.1) is 14.5 Å². The molecule has 2 N–H and O–H groups in total.